The molecule has 5 heteroatoms. The zero-order valence-corrected chi connectivity index (χ0v) is 14.6. The van der Waals surface area contributed by atoms with Crippen LogP contribution in [0.15, 0.2) is 64.8 Å². The van der Waals surface area contributed by atoms with Crippen LogP contribution < -0.4 is 5.32 Å². The minimum atomic E-state index is -0.359. The van der Waals surface area contributed by atoms with E-state index in [-0.39, 0.29) is 17.7 Å². The number of nitrogens with one attached hydrogen (secondary N) is 1. The molecule has 0 radical (unpaired) electrons. The molecule has 1 unspecified atom stereocenters. The lowest BCUT2D eigenvalue weighted by atomic mass is 9.79. The Labute approximate surface area is 148 Å². The molecule has 130 valence electrons. The van der Waals surface area contributed by atoms with Crippen LogP contribution in [0.3, 0.4) is 0 Å². The topological polar surface area (TPSA) is 63.0 Å². The summed E-state index contributed by atoms with van der Waals surface area (Å²) in [6.45, 7) is 3.91. The normalized spacial score (nSPS) is 16.9. The number of benzene rings is 2. The van der Waals surface area contributed by atoms with Gasteiger partial charge in [0.15, 0.2) is 0 Å². The van der Waals surface area contributed by atoms with Crippen LogP contribution in [0.2, 0.25) is 0 Å². The van der Waals surface area contributed by atoms with Crippen LogP contribution in [0.4, 0.5) is 16.2 Å². The Morgan fingerprint density at radius 1 is 1.04 bits per heavy atom. The fraction of sp³-hybridized carbons (Fsp3) is 0.350. The number of alkyl carbamates (subject to hydrolysis) is 1. The van der Waals surface area contributed by atoms with E-state index in [1.54, 1.807) is 0 Å². The quantitative estimate of drug-likeness (QED) is 0.697. The van der Waals surface area contributed by atoms with Crippen molar-refractivity contribution in [3.8, 4) is 0 Å². The largest absolute Gasteiger partial charge is 0.442 e. The molecule has 25 heavy (non-hydrogen) atoms. The first kappa shape index (κ1) is 17.1. The van der Waals surface area contributed by atoms with Gasteiger partial charge in [0.25, 0.3) is 0 Å². The highest BCUT2D eigenvalue weighted by atomic mass is 16.6. The van der Waals surface area contributed by atoms with Gasteiger partial charge >= 0.3 is 6.09 Å². The molecule has 1 atom stereocenters. The van der Waals surface area contributed by atoms with E-state index in [4.69, 9.17) is 4.74 Å². The first-order valence-corrected chi connectivity index (χ1v) is 8.60. The van der Waals surface area contributed by atoms with Gasteiger partial charge in [-0.15, -0.1) is 0 Å². The number of rotatable bonds is 5. The standard InChI is InChI=1S/C20H23N3O2/c1-15(25-19(24)21-20(2)13-6-14-20)16-9-11-18(12-10-16)23-22-17-7-4-3-5-8-17/h3-5,7-12,15H,6,13-14H2,1-2H3,(H,21,24). The summed E-state index contributed by atoms with van der Waals surface area (Å²) in [4.78, 5) is 12.0. The van der Waals surface area contributed by atoms with Crippen molar-refractivity contribution in [1.29, 1.82) is 0 Å². The molecule has 1 fully saturated rings. The van der Waals surface area contributed by atoms with Crippen molar-refractivity contribution in [2.75, 3.05) is 0 Å². The Kier molecular flexibility index (Phi) is 5.12. The molecular formula is C20H23N3O2. The van der Waals surface area contributed by atoms with Gasteiger partial charge in [0.05, 0.1) is 11.4 Å². The van der Waals surface area contributed by atoms with Gasteiger partial charge in [0, 0.05) is 5.54 Å². The Morgan fingerprint density at radius 2 is 1.64 bits per heavy atom. The molecule has 2 aromatic rings. The summed E-state index contributed by atoms with van der Waals surface area (Å²) >= 11 is 0. The highest BCUT2D eigenvalue weighted by molar-refractivity contribution is 5.68. The molecule has 0 spiro atoms. The van der Waals surface area contributed by atoms with Crippen LogP contribution >= 0.6 is 0 Å². The fourth-order valence-corrected chi connectivity index (χ4v) is 2.76. The number of carbonyl (C=O) groups is 1. The van der Waals surface area contributed by atoms with Gasteiger partial charge < -0.3 is 10.1 Å². The summed E-state index contributed by atoms with van der Waals surface area (Å²) in [6.07, 6.45) is 2.51. The predicted molar refractivity (Wildman–Crippen MR) is 97.3 cm³/mol. The van der Waals surface area contributed by atoms with E-state index < -0.39 is 0 Å². The van der Waals surface area contributed by atoms with E-state index in [0.717, 1.165) is 36.2 Å². The Hall–Kier alpha value is -2.69. The van der Waals surface area contributed by atoms with Gasteiger partial charge in [-0.3, -0.25) is 0 Å². The third-order valence-electron chi connectivity index (χ3n) is 4.54. The molecule has 1 aliphatic rings. The summed E-state index contributed by atoms with van der Waals surface area (Å²) < 4.78 is 5.47. The number of hydrogen-bond acceptors (Lipinski definition) is 4. The molecule has 3 rings (SSSR count). The van der Waals surface area contributed by atoms with Crippen LogP contribution in [0.25, 0.3) is 0 Å². The van der Waals surface area contributed by atoms with E-state index in [0.29, 0.717) is 0 Å². The van der Waals surface area contributed by atoms with E-state index in [1.165, 1.54) is 0 Å². The third-order valence-corrected chi connectivity index (χ3v) is 4.54. The maximum Gasteiger partial charge on any atom is 0.408 e. The Balaban J connectivity index is 1.56. The second-order valence-corrected chi connectivity index (χ2v) is 6.71. The van der Waals surface area contributed by atoms with E-state index in [2.05, 4.69) is 22.5 Å². The first-order chi connectivity index (χ1) is 12.0. The molecule has 0 bridgehead atoms. The molecule has 1 saturated carbocycles. The molecule has 2 aromatic carbocycles. The van der Waals surface area contributed by atoms with E-state index in [1.807, 2.05) is 61.5 Å². The smallest absolute Gasteiger partial charge is 0.408 e. The lowest BCUT2D eigenvalue weighted by Gasteiger charge is -2.38. The van der Waals surface area contributed by atoms with Crippen LogP contribution in [0.1, 0.15) is 44.8 Å². The van der Waals surface area contributed by atoms with Gasteiger partial charge in [0.1, 0.15) is 6.10 Å². The number of amides is 1. The highest BCUT2D eigenvalue weighted by Gasteiger charge is 2.34. The van der Waals surface area contributed by atoms with Crippen LogP contribution in [0, 0.1) is 0 Å². The van der Waals surface area contributed by atoms with Crippen molar-refractivity contribution >= 4 is 17.5 Å². The maximum absolute atomic E-state index is 12.0. The molecule has 1 aliphatic carbocycles. The number of azo groups is 1. The second kappa shape index (κ2) is 7.47. The zero-order valence-electron chi connectivity index (χ0n) is 14.6. The predicted octanol–water partition coefficient (Wildman–Crippen LogP) is 5.83. The van der Waals surface area contributed by atoms with Crippen molar-refractivity contribution < 1.29 is 9.53 Å². The number of ether oxygens (including phenoxy) is 1. The van der Waals surface area contributed by atoms with Crippen molar-refractivity contribution in [1.82, 2.24) is 5.32 Å². The number of hydrogen-bond donors (Lipinski definition) is 1. The fourth-order valence-electron chi connectivity index (χ4n) is 2.76. The van der Waals surface area contributed by atoms with Crippen LogP contribution in [-0.4, -0.2) is 11.6 Å². The van der Waals surface area contributed by atoms with Crippen LogP contribution in [0.5, 0.6) is 0 Å². The second-order valence-electron chi connectivity index (χ2n) is 6.71. The summed E-state index contributed by atoms with van der Waals surface area (Å²) in [7, 11) is 0. The molecule has 0 saturated heterocycles. The molecule has 5 nitrogen and oxygen atoms in total. The lowest BCUT2D eigenvalue weighted by molar-refractivity contribution is 0.0866. The SMILES string of the molecule is CC(OC(=O)NC1(C)CCC1)c1ccc(N=Nc2ccccc2)cc1. The Morgan fingerprint density at radius 3 is 2.20 bits per heavy atom. The lowest BCUT2D eigenvalue weighted by Crippen LogP contribution is -2.51. The van der Waals surface area contributed by atoms with Gasteiger partial charge in [-0.25, -0.2) is 4.79 Å². The summed E-state index contributed by atoms with van der Waals surface area (Å²) in [5.74, 6) is 0. The van der Waals surface area contributed by atoms with E-state index in [9.17, 15) is 4.79 Å². The average molecular weight is 337 g/mol. The molecule has 1 amide bonds. The minimum absolute atomic E-state index is 0.0987. The van der Waals surface area contributed by atoms with Crippen molar-refractivity contribution in [3.05, 3.63) is 60.2 Å². The van der Waals surface area contributed by atoms with E-state index >= 15 is 0 Å². The van der Waals surface area contributed by atoms with Gasteiger partial charge in [-0.1, -0.05) is 30.3 Å². The summed E-state index contributed by atoms with van der Waals surface area (Å²) in [6, 6.07) is 17.1. The molecular weight excluding hydrogens is 314 g/mol. The molecule has 1 N–H and O–H groups in total. The molecule has 0 aliphatic heterocycles. The van der Waals surface area contributed by atoms with Gasteiger partial charge in [-0.2, -0.15) is 10.2 Å². The minimum Gasteiger partial charge on any atom is -0.442 e. The van der Waals surface area contributed by atoms with Crippen molar-refractivity contribution in [3.63, 3.8) is 0 Å². The van der Waals surface area contributed by atoms with Gasteiger partial charge in [-0.05, 0) is 62.9 Å². The van der Waals surface area contributed by atoms with Crippen molar-refractivity contribution in [2.24, 2.45) is 10.2 Å². The Bertz CT molecular complexity index is 737. The van der Waals surface area contributed by atoms with Crippen LogP contribution in [-0.2, 0) is 4.74 Å². The number of carbonyl (C=O) groups excluding carboxylic acids is 1. The summed E-state index contributed by atoms with van der Waals surface area (Å²) in [5, 5.41) is 11.3. The van der Waals surface area contributed by atoms with Gasteiger partial charge in [0.2, 0.25) is 0 Å². The zero-order chi connectivity index (χ0) is 17.7. The number of nitrogens with zero attached hydrogens (tertiary/aromatic N) is 2. The maximum atomic E-state index is 12.0. The first-order valence-electron chi connectivity index (χ1n) is 8.60. The monoisotopic (exact) mass is 337 g/mol. The molecule has 0 heterocycles. The average Bonchev–Trinajstić information content (AvgIpc) is 2.60. The van der Waals surface area contributed by atoms with Crippen molar-refractivity contribution in [2.45, 2.75) is 44.8 Å². The molecule has 0 aromatic heterocycles. The third kappa shape index (κ3) is 4.66. The summed E-state index contributed by atoms with van der Waals surface area (Å²) in [5.41, 5.74) is 2.39. The highest BCUT2D eigenvalue weighted by Crippen LogP contribution is 2.31.